The number of amides is 2. The highest BCUT2D eigenvalue weighted by molar-refractivity contribution is 7.15. The molecule has 0 spiro atoms. The smallest absolute Gasteiger partial charge is 0.270 e. The number of rotatable bonds is 6. The first kappa shape index (κ1) is 17.1. The molecule has 24 heavy (non-hydrogen) atoms. The zero-order valence-corrected chi connectivity index (χ0v) is 13.2. The monoisotopic (exact) mass is 348 g/mol. The maximum Gasteiger partial charge on any atom is 0.270 e. The first-order chi connectivity index (χ1) is 11.4. The minimum Gasteiger partial charge on any atom is -0.301 e. The third kappa shape index (κ3) is 5.21. The van der Waals surface area contributed by atoms with Crippen LogP contribution in [0, 0.1) is 10.1 Å². The minimum absolute atomic E-state index is 0.0521. The molecule has 2 rings (SSSR count). The predicted molar refractivity (Wildman–Crippen MR) is 86.7 cm³/mol. The van der Waals surface area contributed by atoms with Crippen LogP contribution in [0.3, 0.4) is 0 Å². The summed E-state index contributed by atoms with van der Waals surface area (Å²) in [6.07, 6.45) is 1.25. The van der Waals surface area contributed by atoms with Crippen LogP contribution in [0.1, 0.15) is 17.5 Å². The van der Waals surface area contributed by atoms with Gasteiger partial charge in [0.25, 0.3) is 5.69 Å². The number of benzene rings is 1. The molecular formula is C13H12N6O4S. The molecular weight excluding hydrogens is 336 g/mol. The lowest BCUT2D eigenvalue weighted by Gasteiger charge is -1.97. The third-order valence-corrected chi connectivity index (χ3v) is 3.38. The zero-order chi connectivity index (χ0) is 17.5. The van der Waals surface area contributed by atoms with Crippen molar-refractivity contribution in [1.29, 1.82) is 0 Å². The summed E-state index contributed by atoms with van der Waals surface area (Å²) in [5.41, 5.74) is 2.71. The van der Waals surface area contributed by atoms with E-state index in [4.69, 9.17) is 0 Å². The summed E-state index contributed by atoms with van der Waals surface area (Å²) in [5.74, 6) is -0.703. The summed E-state index contributed by atoms with van der Waals surface area (Å²) in [5, 5.41) is 25.1. The number of nitrogens with one attached hydrogen (secondary N) is 2. The van der Waals surface area contributed by atoms with E-state index >= 15 is 0 Å². The summed E-state index contributed by atoms with van der Waals surface area (Å²) in [7, 11) is 0. The van der Waals surface area contributed by atoms with Crippen molar-refractivity contribution in [3.8, 4) is 0 Å². The number of nitro benzene ring substituents is 1. The Kier molecular flexibility index (Phi) is 5.63. The van der Waals surface area contributed by atoms with Crippen molar-refractivity contribution < 1.29 is 14.5 Å². The molecule has 0 radical (unpaired) electrons. The molecule has 0 atom stereocenters. The summed E-state index contributed by atoms with van der Waals surface area (Å²) in [6, 6.07) is 5.83. The molecule has 1 heterocycles. The van der Waals surface area contributed by atoms with Gasteiger partial charge >= 0.3 is 0 Å². The Balaban J connectivity index is 1.88. The van der Waals surface area contributed by atoms with Crippen LogP contribution >= 0.6 is 11.3 Å². The second-order valence-electron chi connectivity index (χ2n) is 4.50. The Morgan fingerprint density at radius 2 is 2.21 bits per heavy atom. The molecule has 11 heteroatoms. The molecule has 0 unspecified atom stereocenters. The molecule has 0 aliphatic rings. The van der Waals surface area contributed by atoms with Crippen LogP contribution in [0.5, 0.6) is 0 Å². The van der Waals surface area contributed by atoms with Crippen LogP contribution in [0.2, 0.25) is 0 Å². The number of aromatic nitrogens is 2. The fourth-order valence-electron chi connectivity index (χ4n) is 1.60. The minimum atomic E-state index is -0.516. The van der Waals surface area contributed by atoms with Gasteiger partial charge in [0.05, 0.1) is 17.6 Å². The van der Waals surface area contributed by atoms with Gasteiger partial charge in [-0.05, 0) is 0 Å². The molecule has 124 valence electrons. The van der Waals surface area contributed by atoms with Crippen molar-refractivity contribution in [3.05, 3.63) is 45.0 Å². The molecule has 10 nitrogen and oxygen atoms in total. The van der Waals surface area contributed by atoms with Gasteiger partial charge < -0.3 is 5.32 Å². The third-order valence-electron chi connectivity index (χ3n) is 2.55. The first-order valence-corrected chi connectivity index (χ1v) is 7.42. The van der Waals surface area contributed by atoms with Crippen LogP contribution in [0.25, 0.3) is 0 Å². The van der Waals surface area contributed by atoms with E-state index in [1.54, 1.807) is 6.07 Å². The van der Waals surface area contributed by atoms with E-state index < -0.39 is 10.8 Å². The van der Waals surface area contributed by atoms with Crippen LogP contribution < -0.4 is 10.7 Å². The van der Waals surface area contributed by atoms with Crippen molar-refractivity contribution in [3.63, 3.8) is 0 Å². The highest BCUT2D eigenvalue weighted by Gasteiger charge is 2.09. The van der Waals surface area contributed by atoms with E-state index in [0.29, 0.717) is 15.7 Å². The van der Waals surface area contributed by atoms with Crippen molar-refractivity contribution in [1.82, 2.24) is 15.6 Å². The first-order valence-electron chi connectivity index (χ1n) is 6.60. The quantitative estimate of drug-likeness (QED) is 0.455. The number of non-ortho nitro benzene ring substituents is 1. The second-order valence-corrected chi connectivity index (χ2v) is 5.57. The molecule has 2 N–H and O–H groups in total. The van der Waals surface area contributed by atoms with Crippen LogP contribution in [-0.4, -0.2) is 33.1 Å². The largest absolute Gasteiger partial charge is 0.301 e. The molecule has 1 aromatic heterocycles. The Bertz CT molecular complexity index is 803. The van der Waals surface area contributed by atoms with E-state index in [-0.39, 0.29) is 18.0 Å². The van der Waals surface area contributed by atoms with Crippen molar-refractivity contribution in [2.24, 2.45) is 5.10 Å². The molecule has 0 aliphatic heterocycles. The number of nitrogens with zero attached hydrogens (tertiary/aromatic N) is 4. The van der Waals surface area contributed by atoms with Gasteiger partial charge in [0.1, 0.15) is 5.01 Å². The van der Waals surface area contributed by atoms with Crippen LogP contribution in [0.15, 0.2) is 29.4 Å². The van der Waals surface area contributed by atoms with E-state index in [9.17, 15) is 19.7 Å². The van der Waals surface area contributed by atoms with Crippen molar-refractivity contribution in [2.45, 2.75) is 13.3 Å². The summed E-state index contributed by atoms with van der Waals surface area (Å²) < 4.78 is 0. The number of anilines is 1. The fraction of sp³-hybridized carbons (Fsp3) is 0.154. The van der Waals surface area contributed by atoms with Gasteiger partial charge in [0.2, 0.25) is 16.9 Å². The number of hydrogen-bond donors (Lipinski definition) is 2. The highest BCUT2D eigenvalue weighted by atomic mass is 32.1. The molecule has 0 saturated heterocycles. The van der Waals surface area contributed by atoms with Crippen molar-refractivity contribution in [2.75, 3.05) is 5.32 Å². The van der Waals surface area contributed by atoms with E-state index in [0.717, 1.165) is 11.3 Å². The topological polar surface area (TPSA) is 139 Å². The summed E-state index contributed by atoms with van der Waals surface area (Å²) in [4.78, 5) is 32.7. The predicted octanol–water partition coefficient (Wildman–Crippen LogP) is 1.10. The molecule has 0 bridgehead atoms. The normalized spacial score (nSPS) is 10.5. The van der Waals surface area contributed by atoms with E-state index in [1.165, 1.54) is 31.3 Å². The Labute approximate surface area is 139 Å². The standard InChI is InChI=1S/C13H12N6O4S/c1-8(20)15-13-18-17-12(24-13)6-11(21)16-14-7-9-3-2-4-10(5-9)19(22)23/h2-5,7H,6H2,1H3,(H,16,21)(H,15,18,20)/b14-7-. The van der Waals surface area contributed by atoms with Crippen LogP contribution in [-0.2, 0) is 16.0 Å². The maximum atomic E-state index is 11.7. The number of hydrazone groups is 1. The number of carbonyl (C=O) groups excluding carboxylic acids is 2. The number of hydrogen-bond acceptors (Lipinski definition) is 8. The summed E-state index contributed by atoms with van der Waals surface area (Å²) in [6.45, 7) is 1.34. The molecule has 0 aliphatic carbocycles. The Hall–Kier alpha value is -3.21. The average Bonchev–Trinajstić information content (AvgIpc) is 2.93. The lowest BCUT2D eigenvalue weighted by Crippen LogP contribution is -2.19. The molecule has 1 aromatic carbocycles. The van der Waals surface area contributed by atoms with Gasteiger partial charge in [0.15, 0.2) is 0 Å². The van der Waals surface area contributed by atoms with Gasteiger partial charge in [-0.25, -0.2) is 5.43 Å². The molecule has 2 amide bonds. The molecule has 0 fully saturated rings. The van der Waals surface area contributed by atoms with Crippen LogP contribution in [0.4, 0.5) is 10.8 Å². The summed E-state index contributed by atoms with van der Waals surface area (Å²) >= 11 is 1.08. The van der Waals surface area contributed by atoms with Crippen molar-refractivity contribution >= 4 is 40.2 Å². The van der Waals surface area contributed by atoms with Gasteiger partial charge in [-0.2, -0.15) is 5.10 Å². The van der Waals surface area contributed by atoms with Gasteiger partial charge in [0, 0.05) is 24.6 Å². The highest BCUT2D eigenvalue weighted by Crippen LogP contribution is 2.15. The van der Waals surface area contributed by atoms with Gasteiger partial charge in [-0.15, -0.1) is 10.2 Å². The van der Waals surface area contributed by atoms with Gasteiger partial charge in [-0.3, -0.25) is 19.7 Å². The van der Waals surface area contributed by atoms with E-state index in [2.05, 4.69) is 26.0 Å². The Morgan fingerprint density at radius 3 is 2.92 bits per heavy atom. The second kappa shape index (κ2) is 7.87. The number of nitro groups is 1. The lowest BCUT2D eigenvalue weighted by atomic mass is 10.2. The molecule has 0 saturated carbocycles. The SMILES string of the molecule is CC(=O)Nc1nnc(CC(=O)N/N=C\c2cccc([N+](=O)[O-])c2)s1. The van der Waals surface area contributed by atoms with E-state index in [1.807, 2.05) is 0 Å². The Morgan fingerprint density at radius 1 is 1.42 bits per heavy atom. The molecule has 2 aromatic rings. The average molecular weight is 348 g/mol. The number of carbonyl (C=O) groups is 2. The zero-order valence-electron chi connectivity index (χ0n) is 12.4. The lowest BCUT2D eigenvalue weighted by molar-refractivity contribution is -0.384. The fourth-order valence-corrected chi connectivity index (χ4v) is 2.38. The maximum absolute atomic E-state index is 11.7. The van der Waals surface area contributed by atoms with Gasteiger partial charge in [-0.1, -0.05) is 23.5 Å².